The smallest absolute Gasteiger partial charge is 0.364 e. The highest BCUT2D eigenvalue weighted by atomic mass is 28.4. The molecule has 0 unspecified atom stereocenters. The van der Waals surface area contributed by atoms with Gasteiger partial charge in [0, 0.05) is 21.3 Å². The molecule has 14 heavy (non-hydrogen) atoms. The molecule has 0 N–H and O–H groups in total. The maximum atomic E-state index is 5.43. The summed E-state index contributed by atoms with van der Waals surface area (Å²) in [6, 6.07) is 0. The summed E-state index contributed by atoms with van der Waals surface area (Å²) in [5, 5.41) is 0. The minimum absolute atomic E-state index is 0.809. The molecule has 0 aromatic carbocycles. The van der Waals surface area contributed by atoms with Gasteiger partial charge in [0.15, 0.2) is 0 Å². The maximum Gasteiger partial charge on any atom is 0.598 e. The van der Waals surface area contributed by atoms with E-state index in [1.54, 1.807) is 21.3 Å². The van der Waals surface area contributed by atoms with E-state index < -0.39 is 8.97 Å². The molecule has 1 rings (SSSR count). The van der Waals surface area contributed by atoms with E-state index in [1.165, 1.54) is 12.8 Å². The van der Waals surface area contributed by atoms with Crippen LogP contribution in [0.4, 0.5) is 0 Å². The molecule has 84 valence electrons. The van der Waals surface area contributed by atoms with E-state index in [0.717, 1.165) is 19.0 Å². The van der Waals surface area contributed by atoms with Crippen molar-refractivity contribution in [2.24, 2.45) is 5.92 Å². The second-order valence-electron chi connectivity index (χ2n) is 3.81. The topological polar surface area (TPSA) is 30.9 Å². The molecule has 0 aromatic heterocycles. The Labute approximate surface area is 87.6 Å². The Morgan fingerprint density at radius 2 is 1.43 bits per heavy atom. The lowest BCUT2D eigenvalue weighted by molar-refractivity contribution is 0.0455. The Hall–Kier alpha value is 0.0569. The van der Waals surface area contributed by atoms with Gasteiger partial charge in [-0.05, 0) is 31.8 Å². The van der Waals surface area contributed by atoms with E-state index in [4.69, 9.17) is 13.3 Å². The zero-order valence-corrected chi connectivity index (χ0v) is 10.6. The average Bonchev–Trinajstić information content (AvgIpc) is 2.24. The van der Waals surface area contributed by atoms with Gasteiger partial charge in [0.05, 0.1) is 0 Å². The van der Waals surface area contributed by atoms with Crippen molar-refractivity contribution in [2.75, 3.05) is 34.4 Å². The zero-order chi connectivity index (χ0) is 10.6. The van der Waals surface area contributed by atoms with Gasteiger partial charge in [0.25, 0.3) is 0 Å². The Bertz CT molecular complexity index is 159. The Kier molecular flexibility index (Phi) is 4.53. The third kappa shape index (κ3) is 2.35. The molecule has 4 nitrogen and oxygen atoms in total. The molecule has 1 aliphatic rings. The van der Waals surface area contributed by atoms with Crippen LogP contribution in [0.2, 0.25) is 0 Å². The number of hydrogen-bond acceptors (Lipinski definition) is 4. The number of nitrogens with zero attached hydrogens (tertiary/aromatic N) is 1. The van der Waals surface area contributed by atoms with Crippen molar-refractivity contribution >= 4 is 8.97 Å². The van der Waals surface area contributed by atoms with Crippen molar-refractivity contribution in [1.82, 2.24) is 4.57 Å². The Balaban J connectivity index is 2.60. The normalized spacial score (nSPS) is 21.4. The Morgan fingerprint density at radius 1 is 1.00 bits per heavy atom. The van der Waals surface area contributed by atoms with Gasteiger partial charge in [-0.25, -0.2) is 0 Å². The molecule has 0 radical (unpaired) electrons. The predicted octanol–water partition coefficient (Wildman–Crippen LogP) is 1.09. The fourth-order valence-corrected chi connectivity index (χ4v) is 4.00. The van der Waals surface area contributed by atoms with Gasteiger partial charge in [-0.3, -0.25) is 4.57 Å². The first kappa shape index (κ1) is 12.1. The number of piperidine rings is 1. The van der Waals surface area contributed by atoms with Gasteiger partial charge in [0.2, 0.25) is 0 Å². The SMILES string of the molecule is CO[Si](OC)(OC)N1CCC(C)CC1. The van der Waals surface area contributed by atoms with Gasteiger partial charge < -0.3 is 13.3 Å². The highest BCUT2D eigenvalue weighted by Gasteiger charge is 2.47. The van der Waals surface area contributed by atoms with Crippen LogP contribution >= 0.6 is 0 Å². The monoisotopic (exact) mass is 219 g/mol. The van der Waals surface area contributed by atoms with Crippen LogP contribution in [-0.4, -0.2) is 48.0 Å². The van der Waals surface area contributed by atoms with Crippen LogP contribution in [0.5, 0.6) is 0 Å². The summed E-state index contributed by atoms with van der Waals surface area (Å²) >= 11 is 0. The van der Waals surface area contributed by atoms with Crippen molar-refractivity contribution < 1.29 is 13.3 Å². The molecule has 1 heterocycles. The fraction of sp³-hybridized carbons (Fsp3) is 1.00. The van der Waals surface area contributed by atoms with Gasteiger partial charge in [0.1, 0.15) is 0 Å². The standard InChI is InChI=1S/C9H21NO3Si/c1-9-5-7-10(8-6-9)14(11-2,12-3)13-4/h9H,5-8H2,1-4H3. The van der Waals surface area contributed by atoms with Crippen LogP contribution < -0.4 is 0 Å². The highest BCUT2D eigenvalue weighted by Crippen LogP contribution is 2.22. The van der Waals surface area contributed by atoms with Gasteiger partial charge in [-0.1, -0.05) is 6.92 Å². The third-order valence-electron chi connectivity index (χ3n) is 2.94. The van der Waals surface area contributed by atoms with E-state index in [9.17, 15) is 0 Å². The molecule has 0 saturated carbocycles. The molecule has 1 aliphatic heterocycles. The van der Waals surface area contributed by atoms with E-state index >= 15 is 0 Å². The largest absolute Gasteiger partial charge is 0.598 e. The quantitative estimate of drug-likeness (QED) is 0.662. The minimum Gasteiger partial charge on any atom is -0.364 e. The molecule has 0 spiro atoms. The predicted molar refractivity (Wildman–Crippen MR) is 56.8 cm³/mol. The summed E-state index contributed by atoms with van der Waals surface area (Å²) < 4.78 is 18.5. The van der Waals surface area contributed by atoms with Gasteiger partial charge >= 0.3 is 8.97 Å². The van der Waals surface area contributed by atoms with Crippen LogP contribution in [0.15, 0.2) is 0 Å². The van der Waals surface area contributed by atoms with E-state index in [2.05, 4.69) is 11.5 Å². The lowest BCUT2D eigenvalue weighted by Crippen LogP contribution is -2.61. The summed E-state index contributed by atoms with van der Waals surface area (Å²) in [7, 11) is 2.48. The van der Waals surface area contributed by atoms with Crippen molar-refractivity contribution in [1.29, 1.82) is 0 Å². The minimum atomic E-state index is -2.51. The summed E-state index contributed by atoms with van der Waals surface area (Å²) in [6.45, 7) is 4.32. The molecule has 5 heteroatoms. The molecule has 1 fully saturated rings. The average molecular weight is 219 g/mol. The summed E-state index contributed by atoms with van der Waals surface area (Å²) in [6.07, 6.45) is 2.40. The van der Waals surface area contributed by atoms with Crippen LogP contribution in [0, 0.1) is 5.92 Å². The molecule has 1 saturated heterocycles. The van der Waals surface area contributed by atoms with Crippen molar-refractivity contribution in [3.63, 3.8) is 0 Å². The number of rotatable bonds is 4. The summed E-state index contributed by atoms with van der Waals surface area (Å²) in [5.74, 6) is 0.809. The van der Waals surface area contributed by atoms with Crippen molar-refractivity contribution in [3.8, 4) is 0 Å². The van der Waals surface area contributed by atoms with E-state index in [-0.39, 0.29) is 0 Å². The molecule has 0 atom stereocenters. The maximum absolute atomic E-state index is 5.43. The second-order valence-corrected chi connectivity index (χ2v) is 6.71. The molecule has 0 aliphatic carbocycles. The zero-order valence-electron chi connectivity index (χ0n) is 9.58. The molecular formula is C9H21NO3Si. The first-order valence-corrected chi connectivity index (χ1v) is 6.76. The molecular weight excluding hydrogens is 198 g/mol. The summed E-state index contributed by atoms with van der Waals surface area (Å²) in [5.41, 5.74) is 0. The highest BCUT2D eigenvalue weighted by molar-refractivity contribution is 6.57. The fourth-order valence-electron chi connectivity index (χ4n) is 1.92. The first-order chi connectivity index (χ1) is 6.68. The van der Waals surface area contributed by atoms with Crippen LogP contribution in [0.1, 0.15) is 19.8 Å². The first-order valence-electron chi connectivity index (χ1n) is 5.09. The van der Waals surface area contributed by atoms with E-state index in [1.807, 2.05) is 0 Å². The van der Waals surface area contributed by atoms with E-state index in [0.29, 0.717) is 0 Å². The van der Waals surface area contributed by atoms with Crippen molar-refractivity contribution in [3.05, 3.63) is 0 Å². The second kappa shape index (κ2) is 5.23. The van der Waals surface area contributed by atoms with Crippen molar-refractivity contribution in [2.45, 2.75) is 19.8 Å². The lowest BCUT2D eigenvalue weighted by atomic mass is 10.0. The molecule has 0 bridgehead atoms. The number of hydrogen-bond donors (Lipinski definition) is 0. The Morgan fingerprint density at radius 3 is 1.79 bits per heavy atom. The van der Waals surface area contributed by atoms with Gasteiger partial charge in [-0.2, -0.15) is 0 Å². The summed E-state index contributed by atoms with van der Waals surface area (Å²) in [4.78, 5) is 0. The lowest BCUT2D eigenvalue weighted by Gasteiger charge is -2.38. The van der Waals surface area contributed by atoms with Gasteiger partial charge in [-0.15, -0.1) is 0 Å². The van der Waals surface area contributed by atoms with Crippen LogP contribution in [-0.2, 0) is 13.3 Å². The third-order valence-corrected chi connectivity index (χ3v) is 5.71. The molecule has 0 aromatic rings. The van der Waals surface area contributed by atoms with Crippen LogP contribution in [0.3, 0.4) is 0 Å². The molecule has 0 amide bonds. The van der Waals surface area contributed by atoms with Crippen LogP contribution in [0.25, 0.3) is 0 Å².